The number of ether oxygens (including phenoxy) is 1. The third-order valence-electron chi connectivity index (χ3n) is 2.53. The summed E-state index contributed by atoms with van der Waals surface area (Å²) in [5.41, 5.74) is 1.02. The number of benzene rings is 1. The van der Waals surface area contributed by atoms with E-state index in [1.54, 1.807) is 0 Å². The Hall–Kier alpha value is -1.55. The van der Waals surface area contributed by atoms with Crippen LogP contribution in [0, 0.1) is 0 Å². The summed E-state index contributed by atoms with van der Waals surface area (Å²) in [7, 11) is 0. The lowest BCUT2D eigenvalue weighted by Crippen LogP contribution is -2.43. The van der Waals surface area contributed by atoms with Crippen LogP contribution in [0.25, 0.3) is 0 Å². The molecule has 1 aromatic carbocycles. The standard InChI is InChI=1S/C11H13NO3/c1-8(13)12(14)10-6-9-4-2-3-5-11(9)15-7-10/h2-5,10,14H,6-7H2,1H3. The van der Waals surface area contributed by atoms with E-state index < -0.39 is 0 Å². The van der Waals surface area contributed by atoms with Gasteiger partial charge >= 0.3 is 0 Å². The van der Waals surface area contributed by atoms with Crippen LogP contribution in [0.5, 0.6) is 5.75 Å². The quantitative estimate of drug-likeness (QED) is 0.556. The first kappa shape index (κ1) is 9.98. The van der Waals surface area contributed by atoms with E-state index in [9.17, 15) is 10.0 Å². The molecule has 0 saturated carbocycles. The van der Waals surface area contributed by atoms with E-state index in [2.05, 4.69) is 0 Å². The van der Waals surface area contributed by atoms with Gasteiger partial charge in [0.1, 0.15) is 12.4 Å². The van der Waals surface area contributed by atoms with Crippen molar-refractivity contribution in [1.29, 1.82) is 0 Å². The fourth-order valence-electron chi connectivity index (χ4n) is 1.73. The number of amides is 1. The Labute approximate surface area is 88.0 Å². The van der Waals surface area contributed by atoms with Crippen LogP contribution in [0.2, 0.25) is 0 Å². The van der Waals surface area contributed by atoms with Gasteiger partial charge in [-0.2, -0.15) is 0 Å². The first-order valence-corrected chi connectivity index (χ1v) is 4.88. The number of hydrogen-bond donors (Lipinski definition) is 1. The van der Waals surface area contributed by atoms with Gasteiger partial charge in [-0.25, -0.2) is 5.06 Å². The average molecular weight is 207 g/mol. The van der Waals surface area contributed by atoms with E-state index in [1.165, 1.54) is 6.92 Å². The number of carbonyl (C=O) groups is 1. The predicted molar refractivity (Wildman–Crippen MR) is 53.7 cm³/mol. The highest BCUT2D eigenvalue weighted by Gasteiger charge is 2.25. The number of hydrogen-bond acceptors (Lipinski definition) is 3. The van der Waals surface area contributed by atoms with Gasteiger partial charge in [0, 0.05) is 13.3 Å². The Kier molecular flexibility index (Phi) is 2.60. The fourth-order valence-corrected chi connectivity index (χ4v) is 1.73. The first-order chi connectivity index (χ1) is 7.18. The monoisotopic (exact) mass is 207 g/mol. The minimum atomic E-state index is -0.358. The number of carbonyl (C=O) groups excluding carboxylic acids is 1. The minimum absolute atomic E-state index is 0.280. The molecule has 0 spiro atoms. The van der Waals surface area contributed by atoms with Crippen LogP contribution < -0.4 is 4.74 Å². The maximum absolute atomic E-state index is 11.0. The van der Waals surface area contributed by atoms with Gasteiger partial charge in [0.2, 0.25) is 5.91 Å². The second-order valence-electron chi connectivity index (χ2n) is 3.64. The molecule has 2 rings (SSSR count). The minimum Gasteiger partial charge on any atom is -0.491 e. The van der Waals surface area contributed by atoms with Crippen molar-refractivity contribution in [2.75, 3.05) is 6.61 Å². The average Bonchev–Trinajstić information content (AvgIpc) is 2.27. The highest BCUT2D eigenvalue weighted by Crippen LogP contribution is 2.25. The summed E-state index contributed by atoms with van der Waals surface area (Å²) in [5.74, 6) is 0.480. The molecule has 1 atom stereocenters. The van der Waals surface area contributed by atoms with E-state index in [0.717, 1.165) is 16.4 Å². The summed E-state index contributed by atoms with van der Waals surface area (Å²) >= 11 is 0. The summed E-state index contributed by atoms with van der Waals surface area (Å²) in [5, 5.41) is 10.2. The first-order valence-electron chi connectivity index (χ1n) is 4.88. The van der Waals surface area contributed by atoms with Crippen molar-refractivity contribution in [2.24, 2.45) is 0 Å². The predicted octanol–water partition coefficient (Wildman–Crippen LogP) is 1.23. The molecule has 1 unspecified atom stereocenters. The Morgan fingerprint density at radius 1 is 1.53 bits per heavy atom. The zero-order valence-electron chi connectivity index (χ0n) is 8.51. The molecular formula is C11H13NO3. The molecule has 0 radical (unpaired) electrons. The lowest BCUT2D eigenvalue weighted by Gasteiger charge is -2.29. The molecule has 80 valence electrons. The van der Waals surface area contributed by atoms with Gasteiger partial charge in [-0.3, -0.25) is 10.0 Å². The SMILES string of the molecule is CC(=O)N(O)C1COc2ccccc2C1. The van der Waals surface area contributed by atoms with Crippen molar-refractivity contribution in [3.8, 4) is 5.75 Å². The van der Waals surface area contributed by atoms with E-state index in [-0.39, 0.29) is 11.9 Å². The highest BCUT2D eigenvalue weighted by molar-refractivity contribution is 5.72. The molecule has 0 saturated heterocycles. The van der Waals surface area contributed by atoms with E-state index in [0.29, 0.717) is 13.0 Å². The maximum atomic E-state index is 11.0. The topological polar surface area (TPSA) is 49.8 Å². The van der Waals surface area contributed by atoms with Gasteiger partial charge in [0.05, 0.1) is 6.04 Å². The third-order valence-corrected chi connectivity index (χ3v) is 2.53. The van der Waals surface area contributed by atoms with Gasteiger partial charge < -0.3 is 4.74 Å². The molecular weight excluding hydrogens is 194 g/mol. The Morgan fingerprint density at radius 2 is 2.27 bits per heavy atom. The Bertz CT molecular complexity index is 378. The summed E-state index contributed by atoms with van der Waals surface area (Å²) in [4.78, 5) is 11.0. The van der Waals surface area contributed by atoms with Crippen LogP contribution in [-0.4, -0.2) is 28.8 Å². The number of nitrogens with zero attached hydrogens (tertiary/aromatic N) is 1. The highest BCUT2D eigenvalue weighted by atomic mass is 16.5. The smallest absolute Gasteiger partial charge is 0.243 e. The molecule has 4 heteroatoms. The Morgan fingerprint density at radius 3 is 3.00 bits per heavy atom. The van der Waals surface area contributed by atoms with Gasteiger partial charge in [0.25, 0.3) is 0 Å². The third kappa shape index (κ3) is 1.94. The van der Waals surface area contributed by atoms with Crippen LogP contribution in [0.15, 0.2) is 24.3 Å². The van der Waals surface area contributed by atoms with Gasteiger partial charge in [-0.15, -0.1) is 0 Å². The Balaban J connectivity index is 2.15. The fraction of sp³-hybridized carbons (Fsp3) is 0.364. The molecule has 0 fully saturated rings. The number of fused-ring (bicyclic) bond motifs is 1. The van der Waals surface area contributed by atoms with Crippen LogP contribution in [0.4, 0.5) is 0 Å². The summed E-state index contributed by atoms with van der Waals surface area (Å²) in [6, 6.07) is 7.37. The number of rotatable bonds is 1. The molecule has 1 heterocycles. The molecule has 0 aliphatic carbocycles. The molecule has 1 amide bonds. The van der Waals surface area contributed by atoms with Crippen molar-refractivity contribution in [3.05, 3.63) is 29.8 Å². The maximum Gasteiger partial charge on any atom is 0.243 e. The zero-order chi connectivity index (χ0) is 10.8. The van der Waals surface area contributed by atoms with Crippen LogP contribution >= 0.6 is 0 Å². The van der Waals surface area contributed by atoms with E-state index in [4.69, 9.17) is 4.74 Å². The molecule has 1 aliphatic heterocycles. The van der Waals surface area contributed by atoms with E-state index >= 15 is 0 Å². The van der Waals surface area contributed by atoms with Gasteiger partial charge in [0.15, 0.2) is 0 Å². The second kappa shape index (κ2) is 3.90. The van der Waals surface area contributed by atoms with Crippen molar-refractivity contribution in [2.45, 2.75) is 19.4 Å². The van der Waals surface area contributed by atoms with Gasteiger partial charge in [-0.05, 0) is 11.6 Å². The van der Waals surface area contributed by atoms with Crippen molar-refractivity contribution >= 4 is 5.91 Å². The van der Waals surface area contributed by atoms with Crippen molar-refractivity contribution in [1.82, 2.24) is 5.06 Å². The summed E-state index contributed by atoms with van der Waals surface area (Å²) < 4.78 is 5.45. The molecule has 15 heavy (non-hydrogen) atoms. The van der Waals surface area contributed by atoms with Gasteiger partial charge in [-0.1, -0.05) is 18.2 Å². The molecule has 1 N–H and O–H groups in total. The van der Waals surface area contributed by atoms with Crippen LogP contribution in [0.3, 0.4) is 0 Å². The summed E-state index contributed by atoms with van der Waals surface area (Å²) in [6.07, 6.45) is 0.631. The van der Waals surface area contributed by atoms with Crippen molar-refractivity contribution in [3.63, 3.8) is 0 Å². The molecule has 1 aromatic rings. The molecule has 1 aliphatic rings. The molecule has 4 nitrogen and oxygen atoms in total. The molecule has 0 aromatic heterocycles. The van der Waals surface area contributed by atoms with Crippen LogP contribution in [0.1, 0.15) is 12.5 Å². The number of hydroxylamine groups is 2. The van der Waals surface area contributed by atoms with Crippen molar-refractivity contribution < 1.29 is 14.7 Å². The van der Waals surface area contributed by atoms with E-state index in [1.807, 2.05) is 24.3 Å². The zero-order valence-corrected chi connectivity index (χ0v) is 8.51. The largest absolute Gasteiger partial charge is 0.491 e. The lowest BCUT2D eigenvalue weighted by atomic mass is 10.0. The lowest BCUT2D eigenvalue weighted by molar-refractivity contribution is -0.176. The molecule has 0 bridgehead atoms. The normalized spacial score (nSPS) is 18.9. The van der Waals surface area contributed by atoms with Crippen LogP contribution in [-0.2, 0) is 11.2 Å². The second-order valence-corrected chi connectivity index (χ2v) is 3.64. The summed E-state index contributed by atoms with van der Waals surface area (Å²) in [6.45, 7) is 1.67. The number of para-hydroxylation sites is 1.